The van der Waals surface area contributed by atoms with Gasteiger partial charge in [0.1, 0.15) is 17.5 Å². The highest BCUT2D eigenvalue weighted by Crippen LogP contribution is 2.36. The van der Waals surface area contributed by atoms with Gasteiger partial charge in [0.15, 0.2) is 11.5 Å². The van der Waals surface area contributed by atoms with Gasteiger partial charge in [-0.2, -0.15) is 5.26 Å². The van der Waals surface area contributed by atoms with Crippen molar-refractivity contribution < 1.29 is 19.4 Å². The molecule has 28 heavy (non-hydrogen) atoms. The van der Waals surface area contributed by atoms with E-state index in [1.54, 1.807) is 25.1 Å². The number of nitrogens with two attached hydrogens (primary N) is 1. The number of ether oxygens (including phenoxy) is 2. The van der Waals surface area contributed by atoms with Gasteiger partial charge >= 0.3 is 5.97 Å². The summed E-state index contributed by atoms with van der Waals surface area (Å²) in [7, 11) is 0. The Balaban J connectivity index is 2.59. The molecule has 1 aromatic heterocycles. The van der Waals surface area contributed by atoms with Crippen molar-refractivity contribution in [2.75, 3.05) is 12.3 Å². The molecule has 1 heterocycles. The van der Waals surface area contributed by atoms with Crippen LogP contribution in [0.2, 0.25) is 0 Å². The molecule has 0 radical (unpaired) electrons. The zero-order chi connectivity index (χ0) is 20.8. The van der Waals surface area contributed by atoms with Crippen molar-refractivity contribution in [3.63, 3.8) is 0 Å². The minimum absolute atomic E-state index is 0.0141. The average Bonchev–Trinajstić information content (AvgIpc) is 2.61. The second kappa shape index (κ2) is 9.09. The van der Waals surface area contributed by atoms with E-state index < -0.39 is 5.97 Å². The molecule has 3 N–H and O–H groups in total. The first-order chi connectivity index (χ1) is 13.3. The molecule has 0 spiro atoms. The number of hydrogen-bond donors (Lipinski definition) is 2. The molecule has 0 bridgehead atoms. The van der Waals surface area contributed by atoms with E-state index in [2.05, 4.69) is 11.1 Å². The maximum atomic E-state index is 11.0. The number of nitrogens with zero attached hydrogens (tertiary/aromatic N) is 2. The summed E-state index contributed by atoms with van der Waals surface area (Å²) < 4.78 is 11.5. The number of aliphatic carboxylic acids is 1. The van der Waals surface area contributed by atoms with Crippen LogP contribution in [0.3, 0.4) is 0 Å². The molecule has 1 unspecified atom stereocenters. The van der Waals surface area contributed by atoms with E-state index in [-0.39, 0.29) is 29.8 Å². The number of nitrogen functional groups attached to an aromatic ring is 1. The van der Waals surface area contributed by atoms with Crippen LogP contribution in [-0.2, 0) is 4.79 Å². The topological polar surface area (TPSA) is 118 Å². The number of anilines is 1. The lowest BCUT2D eigenvalue weighted by Crippen LogP contribution is -2.09. The van der Waals surface area contributed by atoms with Gasteiger partial charge in [0.05, 0.1) is 19.1 Å². The minimum atomic E-state index is -0.924. The van der Waals surface area contributed by atoms with E-state index in [9.17, 15) is 10.1 Å². The average molecular weight is 383 g/mol. The Kier molecular flexibility index (Phi) is 6.83. The molecule has 1 atom stereocenters. The number of carbonyl (C=O) groups is 1. The zero-order valence-electron chi connectivity index (χ0n) is 16.5. The van der Waals surface area contributed by atoms with Crippen molar-refractivity contribution >= 4 is 11.8 Å². The lowest BCUT2D eigenvalue weighted by molar-refractivity contribution is -0.137. The first kappa shape index (κ1) is 21.0. The molecule has 0 aliphatic heterocycles. The van der Waals surface area contributed by atoms with Crippen LogP contribution in [0.25, 0.3) is 11.1 Å². The number of carboxylic acid groups (broad SMARTS) is 1. The lowest BCUT2D eigenvalue weighted by Gasteiger charge is -2.17. The third-order valence-corrected chi connectivity index (χ3v) is 4.08. The summed E-state index contributed by atoms with van der Waals surface area (Å²) in [5.74, 6) is -0.0183. The summed E-state index contributed by atoms with van der Waals surface area (Å²) in [4.78, 5) is 15.3. The van der Waals surface area contributed by atoms with Gasteiger partial charge in [-0.05, 0) is 44.5 Å². The number of nitriles is 1. The van der Waals surface area contributed by atoms with Crippen LogP contribution < -0.4 is 15.2 Å². The Labute approximate surface area is 164 Å². The summed E-state index contributed by atoms with van der Waals surface area (Å²) in [5.41, 5.74) is 8.06. The fourth-order valence-electron chi connectivity index (χ4n) is 2.84. The molecule has 0 amide bonds. The van der Waals surface area contributed by atoms with Gasteiger partial charge in [0.2, 0.25) is 0 Å². The van der Waals surface area contributed by atoms with Gasteiger partial charge in [0, 0.05) is 17.2 Å². The fraction of sp³-hybridized carbons (Fsp3) is 0.381. The fourth-order valence-corrected chi connectivity index (χ4v) is 2.84. The van der Waals surface area contributed by atoms with Crippen LogP contribution in [-0.4, -0.2) is 28.8 Å². The van der Waals surface area contributed by atoms with Gasteiger partial charge in [0.25, 0.3) is 0 Å². The molecule has 148 valence electrons. The monoisotopic (exact) mass is 383 g/mol. The Morgan fingerprint density at radius 1 is 1.29 bits per heavy atom. The predicted molar refractivity (Wildman–Crippen MR) is 106 cm³/mol. The minimum Gasteiger partial charge on any atom is -0.490 e. The molecule has 7 heteroatoms. The van der Waals surface area contributed by atoms with Crippen molar-refractivity contribution in [3.05, 3.63) is 35.5 Å². The molecule has 1 aromatic carbocycles. The van der Waals surface area contributed by atoms with E-state index in [1.807, 2.05) is 26.8 Å². The van der Waals surface area contributed by atoms with Crippen molar-refractivity contribution in [3.8, 4) is 28.7 Å². The van der Waals surface area contributed by atoms with Crippen molar-refractivity contribution in [2.24, 2.45) is 0 Å². The second-order valence-corrected chi connectivity index (χ2v) is 6.73. The van der Waals surface area contributed by atoms with Gasteiger partial charge < -0.3 is 20.3 Å². The molecular weight excluding hydrogens is 358 g/mol. The Morgan fingerprint density at radius 2 is 2.00 bits per heavy atom. The van der Waals surface area contributed by atoms with Crippen LogP contribution in [0, 0.1) is 11.3 Å². The molecule has 0 saturated heterocycles. The Bertz CT molecular complexity index is 903. The van der Waals surface area contributed by atoms with E-state index in [0.717, 1.165) is 0 Å². The molecule has 2 rings (SSSR count). The summed E-state index contributed by atoms with van der Waals surface area (Å²) in [6, 6.07) is 9.22. The zero-order valence-corrected chi connectivity index (χ0v) is 16.5. The van der Waals surface area contributed by atoms with E-state index in [1.165, 1.54) is 0 Å². The van der Waals surface area contributed by atoms with Crippen molar-refractivity contribution in [2.45, 2.75) is 46.1 Å². The normalized spacial score (nSPS) is 11.7. The quantitative estimate of drug-likeness (QED) is 0.708. The number of benzene rings is 1. The molecule has 0 aliphatic rings. The first-order valence-corrected chi connectivity index (χ1v) is 9.12. The maximum Gasteiger partial charge on any atom is 0.304 e. The molecule has 0 aliphatic carbocycles. The second-order valence-electron chi connectivity index (χ2n) is 6.73. The summed E-state index contributed by atoms with van der Waals surface area (Å²) >= 11 is 0. The number of aromatic nitrogens is 1. The standard InChI is InChI=1S/C21H25N3O4/c1-5-27-19-9-14(6-7-18(19)28-12(2)3)15-10-17(13(4)8-20(25)26)24-21(23)16(15)11-22/h6-7,9-10,12-13H,5,8H2,1-4H3,(H2,23,24)(H,25,26). The Morgan fingerprint density at radius 3 is 2.57 bits per heavy atom. The van der Waals surface area contributed by atoms with Crippen LogP contribution in [0.1, 0.15) is 51.3 Å². The summed E-state index contributed by atoms with van der Waals surface area (Å²) in [6.45, 7) is 7.95. The smallest absolute Gasteiger partial charge is 0.304 e. The number of rotatable bonds is 8. The van der Waals surface area contributed by atoms with Gasteiger partial charge in [-0.25, -0.2) is 4.98 Å². The number of pyridine rings is 1. The maximum absolute atomic E-state index is 11.0. The highest BCUT2D eigenvalue weighted by molar-refractivity contribution is 5.77. The molecule has 0 fully saturated rings. The van der Waals surface area contributed by atoms with Crippen LogP contribution in [0.4, 0.5) is 5.82 Å². The highest BCUT2D eigenvalue weighted by atomic mass is 16.5. The van der Waals surface area contributed by atoms with Gasteiger partial charge in [-0.15, -0.1) is 0 Å². The third-order valence-electron chi connectivity index (χ3n) is 4.08. The van der Waals surface area contributed by atoms with Gasteiger partial charge in [-0.3, -0.25) is 4.79 Å². The molecular formula is C21H25N3O4. The lowest BCUT2D eigenvalue weighted by atomic mass is 9.95. The van der Waals surface area contributed by atoms with Crippen LogP contribution in [0.15, 0.2) is 24.3 Å². The summed E-state index contributed by atoms with van der Waals surface area (Å²) in [6.07, 6.45) is -0.0943. The SMILES string of the molecule is CCOc1cc(-c2cc(C(C)CC(=O)O)nc(N)c2C#N)ccc1OC(C)C. The van der Waals surface area contributed by atoms with Crippen molar-refractivity contribution in [1.29, 1.82) is 5.26 Å². The number of hydrogen-bond acceptors (Lipinski definition) is 6. The molecule has 7 nitrogen and oxygen atoms in total. The third kappa shape index (κ3) is 4.92. The predicted octanol–water partition coefficient (Wildman–Crippen LogP) is 3.97. The Hall–Kier alpha value is -3.27. The first-order valence-electron chi connectivity index (χ1n) is 9.12. The molecule has 2 aromatic rings. The number of carboxylic acids is 1. The highest BCUT2D eigenvalue weighted by Gasteiger charge is 2.19. The molecule has 0 saturated carbocycles. The largest absolute Gasteiger partial charge is 0.490 e. The van der Waals surface area contributed by atoms with E-state index in [0.29, 0.717) is 34.9 Å². The summed E-state index contributed by atoms with van der Waals surface area (Å²) in [5, 5.41) is 18.6. The van der Waals surface area contributed by atoms with Crippen LogP contribution >= 0.6 is 0 Å². The van der Waals surface area contributed by atoms with Gasteiger partial charge in [-0.1, -0.05) is 13.0 Å². The van der Waals surface area contributed by atoms with Crippen LogP contribution in [0.5, 0.6) is 11.5 Å². The van der Waals surface area contributed by atoms with E-state index in [4.69, 9.17) is 20.3 Å². The van der Waals surface area contributed by atoms with Crippen molar-refractivity contribution in [1.82, 2.24) is 4.98 Å². The van der Waals surface area contributed by atoms with E-state index >= 15 is 0 Å².